The molecule has 1 amide bonds. The van der Waals surface area contributed by atoms with Gasteiger partial charge in [0.1, 0.15) is 5.75 Å². The number of para-hydroxylation sites is 1. The third-order valence-electron chi connectivity index (χ3n) is 3.67. The van der Waals surface area contributed by atoms with E-state index in [4.69, 9.17) is 9.84 Å². The predicted octanol–water partition coefficient (Wildman–Crippen LogP) is 3.62. The first kappa shape index (κ1) is 19.1. The summed E-state index contributed by atoms with van der Waals surface area (Å²) in [5.74, 6) is -0.806. The summed E-state index contributed by atoms with van der Waals surface area (Å²) < 4.78 is 5.50. The van der Waals surface area contributed by atoms with Crippen LogP contribution >= 0.6 is 23.1 Å². The lowest BCUT2D eigenvalue weighted by Gasteiger charge is -2.13. The molecule has 1 aliphatic heterocycles. The average Bonchev–Trinajstić information content (AvgIpc) is 3.25. The second-order valence-electron chi connectivity index (χ2n) is 5.51. The van der Waals surface area contributed by atoms with Crippen molar-refractivity contribution in [2.24, 2.45) is 4.99 Å². The second-order valence-corrected chi connectivity index (χ2v) is 7.39. The fourth-order valence-corrected chi connectivity index (χ4v) is 3.91. The zero-order chi connectivity index (χ0) is 19.4. The molecule has 7 nitrogen and oxygen atoms in total. The van der Waals surface area contributed by atoms with Crippen LogP contribution in [0.1, 0.15) is 19.4 Å². The lowest BCUT2D eigenvalue weighted by molar-refractivity contribution is -0.144. The highest BCUT2D eigenvalue weighted by molar-refractivity contribution is 8.18. The summed E-state index contributed by atoms with van der Waals surface area (Å²) in [4.78, 5) is 34.4. The number of aliphatic imine (C=N–C) groups is 1. The number of hydrogen-bond donors (Lipinski definition) is 1. The highest BCUT2D eigenvalue weighted by Gasteiger charge is 2.32. The second kappa shape index (κ2) is 8.36. The Morgan fingerprint density at radius 1 is 1.44 bits per heavy atom. The summed E-state index contributed by atoms with van der Waals surface area (Å²) >= 11 is 2.66. The van der Waals surface area contributed by atoms with E-state index in [1.165, 1.54) is 30.0 Å². The van der Waals surface area contributed by atoms with Crippen LogP contribution in [0.15, 0.2) is 45.7 Å². The van der Waals surface area contributed by atoms with Crippen LogP contribution in [0, 0.1) is 0 Å². The van der Waals surface area contributed by atoms with E-state index in [-0.39, 0.29) is 5.91 Å². The number of amides is 1. The van der Waals surface area contributed by atoms with Gasteiger partial charge in [-0.05, 0) is 37.8 Å². The third-order valence-corrected chi connectivity index (χ3v) is 5.34. The van der Waals surface area contributed by atoms with Gasteiger partial charge in [-0.15, -0.1) is 11.3 Å². The standard InChI is InChI=1S/C18H17N3O4S2/c1-3-21-15(22)14(27-18(21)20-17-19-8-9-26-17)10-12-6-4-5-7-13(12)25-11(2)16(23)24/h4-11H,3H2,1-2H3,(H,23,24)/b14-10+,20-18+. The minimum atomic E-state index is -1.06. The number of amidine groups is 1. The number of carboxylic acids is 1. The monoisotopic (exact) mass is 403 g/mol. The van der Waals surface area contributed by atoms with Crippen LogP contribution in [0.5, 0.6) is 5.75 Å². The van der Waals surface area contributed by atoms with Crippen molar-refractivity contribution in [2.75, 3.05) is 6.54 Å². The van der Waals surface area contributed by atoms with E-state index in [2.05, 4.69) is 9.98 Å². The summed E-state index contributed by atoms with van der Waals surface area (Å²) in [6.45, 7) is 3.82. The number of carbonyl (C=O) groups is 2. The zero-order valence-corrected chi connectivity index (χ0v) is 16.3. The summed E-state index contributed by atoms with van der Waals surface area (Å²) in [6, 6.07) is 7.01. The number of nitrogens with zero attached hydrogens (tertiary/aromatic N) is 3. The molecule has 1 N–H and O–H groups in total. The molecule has 1 aromatic heterocycles. The number of likely N-dealkylation sites (N-methyl/N-ethyl adjacent to an activating group) is 1. The zero-order valence-electron chi connectivity index (χ0n) is 14.7. The minimum Gasteiger partial charge on any atom is -0.479 e. The minimum absolute atomic E-state index is 0.154. The number of hydrogen-bond acceptors (Lipinski definition) is 7. The number of aromatic nitrogens is 1. The van der Waals surface area contributed by atoms with Crippen molar-refractivity contribution in [1.82, 2.24) is 9.88 Å². The quantitative estimate of drug-likeness (QED) is 0.741. The number of thiazole rings is 1. The van der Waals surface area contributed by atoms with E-state index in [1.54, 1.807) is 41.4 Å². The smallest absolute Gasteiger partial charge is 0.344 e. The van der Waals surface area contributed by atoms with Crippen LogP contribution in [0.25, 0.3) is 6.08 Å². The van der Waals surface area contributed by atoms with Crippen LogP contribution in [0.2, 0.25) is 0 Å². The topological polar surface area (TPSA) is 92.1 Å². The normalized spacial score (nSPS) is 18.3. The molecule has 27 heavy (non-hydrogen) atoms. The molecule has 0 aliphatic carbocycles. The van der Waals surface area contributed by atoms with Crippen molar-refractivity contribution < 1.29 is 19.4 Å². The van der Waals surface area contributed by atoms with Gasteiger partial charge in [0, 0.05) is 23.7 Å². The van der Waals surface area contributed by atoms with Crippen molar-refractivity contribution in [3.05, 3.63) is 46.3 Å². The number of rotatable bonds is 6. The molecule has 1 unspecified atom stereocenters. The van der Waals surface area contributed by atoms with E-state index in [0.29, 0.717) is 33.1 Å². The first-order chi connectivity index (χ1) is 13.0. The van der Waals surface area contributed by atoms with Gasteiger partial charge in [0.25, 0.3) is 5.91 Å². The largest absolute Gasteiger partial charge is 0.479 e. The Hall–Kier alpha value is -2.65. The fraction of sp³-hybridized carbons (Fsp3) is 0.222. The molecule has 0 spiro atoms. The summed E-state index contributed by atoms with van der Waals surface area (Å²) in [5.41, 5.74) is 0.632. The summed E-state index contributed by atoms with van der Waals surface area (Å²) in [6.07, 6.45) is 2.37. The van der Waals surface area contributed by atoms with Gasteiger partial charge in [0.2, 0.25) is 5.13 Å². The summed E-state index contributed by atoms with van der Waals surface area (Å²) in [7, 11) is 0. The van der Waals surface area contributed by atoms with E-state index in [0.717, 1.165) is 0 Å². The molecule has 1 saturated heterocycles. The van der Waals surface area contributed by atoms with Crippen LogP contribution in [0.4, 0.5) is 5.13 Å². The average molecular weight is 403 g/mol. The molecular formula is C18H17N3O4S2. The first-order valence-corrected chi connectivity index (χ1v) is 9.87. The molecule has 0 bridgehead atoms. The number of ether oxygens (including phenoxy) is 1. The van der Waals surface area contributed by atoms with Gasteiger partial charge >= 0.3 is 5.97 Å². The van der Waals surface area contributed by atoms with Crippen LogP contribution in [-0.2, 0) is 9.59 Å². The number of thioether (sulfide) groups is 1. The van der Waals surface area contributed by atoms with E-state index >= 15 is 0 Å². The number of carbonyl (C=O) groups excluding carboxylic acids is 1. The Morgan fingerprint density at radius 2 is 2.22 bits per heavy atom. The van der Waals surface area contributed by atoms with E-state index in [1.807, 2.05) is 12.3 Å². The van der Waals surface area contributed by atoms with E-state index < -0.39 is 12.1 Å². The SMILES string of the molecule is CCN1C(=O)/C(=C\c2ccccc2OC(C)C(=O)O)S/C1=N/c1nccs1. The predicted molar refractivity (Wildman–Crippen MR) is 106 cm³/mol. The Labute approximate surface area is 164 Å². The van der Waals surface area contributed by atoms with Crippen molar-refractivity contribution >= 4 is 51.4 Å². The number of aliphatic carboxylic acids is 1. The highest BCUT2D eigenvalue weighted by Crippen LogP contribution is 2.35. The molecule has 1 aromatic carbocycles. The van der Waals surface area contributed by atoms with Gasteiger partial charge in [-0.2, -0.15) is 4.99 Å². The van der Waals surface area contributed by atoms with Gasteiger partial charge in [0.15, 0.2) is 11.3 Å². The molecule has 2 heterocycles. The third kappa shape index (κ3) is 4.37. The molecule has 1 atom stereocenters. The molecule has 3 rings (SSSR count). The Bertz CT molecular complexity index is 909. The Balaban J connectivity index is 1.91. The van der Waals surface area contributed by atoms with Crippen molar-refractivity contribution in [1.29, 1.82) is 0 Å². The fourth-order valence-electron chi connectivity index (χ4n) is 2.31. The maximum absolute atomic E-state index is 12.7. The molecule has 2 aromatic rings. The highest BCUT2D eigenvalue weighted by atomic mass is 32.2. The molecule has 0 radical (unpaired) electrons. The maximum atomic E-state index is 12.7. The van der Waals surface area contributed by atoms with Crippen LogP contribution in [-0.4, -0.2) is 44.7 Å². The lowest BCUT2D eigenvalue weighted by atomic mass is 10.2. The van der Waals surface area contributed by atoms with Gasteiger partial charge in [-0.1, -0.05) is 18.2 Å². The van der Waals surface area contributed by atoms with Crippen molar-refractivity contribution in [3.63, 3.8) is 0 Å². The van der Waals surface area contributed by atoms with Crippen LogP contribution in [0.3, 0.4) is 0 Å². The number of carboxylic acid groups (broad SMARTS) is 1. The van der Waals surface area contributed by atoms with Crippen molar-refractivity contribution in [3.8, 4) is 5.75 Å². The van der Waals surface area contributed by atoms with Gasteiger partial charge < -0.3 is 9.84 Å². The van der Waals surface area contributed by atoms with Crippen LogP contribution < -0.4 is 4.74 Å². The lowest BCUT2D eigenvalue weighted by Crippen LogP contribution is -2.28. The van der Waals surface area contributed by atoms with Gasteiger partial charge in [0.05, 0.1) is 4.91 Å². The summed E-state index contributed by atoms with van der Waals surface area (Å²) in [5, 5.41) is 12.0. The van der Waals surface area contributed by atoms with Gasteiger partial charge in [-0.25, -0.2) is 9.78 Å². The molecule has 0 saturated carbocycles. The maximum Gasteiger partial charge on any atom is 0.344 e. The van der Waals surface area contributed by atoms with Gasteiger partial charge in [-0.3, -0.25) is 9.69 Å². The van der Waals surface area contributed by atoms with Crippen molar-refractivity contribution in [2.45, 2.75) is 20.0 Å². The molecule has 140 valence electrons. The number of benzene rings is 1. The molecule has 9 heteroatoms. The first-order valence-electron chi connectivity index (χ1n) is 8.17. The van der Waals surface area contributed by atoms with E-state index in [9.17, 15) is 9.59 Å². The molecule has 1 aliphatic rings. The molecule has 1 fully saturated rings. The molecular weight excluding hydrogens is 386 g/mol. The Kier molecular flexibility index (Phi) is 5.92. The Morgan fingerprint density at radius 3 is 2.89 bits per heavy atom.